The Morgan fingerprint density at radius 2 is 1.92 bits per heavy atom. The summed E-state index contributed by atoms with van der Waals surface area (Å²) >= 11 is 0.936. The number of nitrogens with one attached hydrogen (secondary N) is 1. The highest BCUT2D eigenvalue weighted by atomic mass is 32.2. The van der Waals surface area contributed by atoms with E-state index in [0.29, 0.717) is 16.0 Å². The zero-order valence-electron chi connectivity index (χ0n) is 12.7. The number of fused-ring (bicyclic) bond motifs is 1. The SMILES string of the molecule is Cc1ncc(C(=O)NS(=O)(=O)c2ccc3c(c2)sc(=O)n3C)cn1. The van der Waals surface area contributed by atoms with Gasteiger partial charge in [0.1, 0.15) is 5.82 Å². The standard InChI is InChI=1S/C14H12N4O4S2/c1-8-15-6-9(7-16-8)13(19)17-24(21,22)10-3-4-11-12(5-10)23-14(20)18(11)2/h3-7H,1-2H3,(H,17,19). The van der Waals surface area contributed by atoms with E-state index in [9.17, 15) is 18.0 Å². The van der Waals surface area contributed by atoms with E-state index in [4.69, 9.17) is 0 Å². The molecule has 0 saturated heterocycles. The number of amides is 1. The van der Waals surface area contributed by atoms with Gasteiger partial charge in [0.15, 0.2) is 0 Å². The number of hydrogen-bond donors (Lipinski definition) is 1. The Kier molecular flexibility index (Phi) is 3.93. The monoisotopic (exact) mass is 364 g/mol. The Hall–Kier alpha value is -2.59. The Morgan fingerprint density at radius 3 is 2.58 bits per heavy atom. The predicted octanol–water partition coefficient (Wildman–Crippen LogP) is 0.817. The molecule has 3 rings (SSSR count). The third kappa shape index (κ3) is 2.93. The van der Waals surface area contributed by atoms with Gasteiger partial charge in [-0.2, -0.15) is 0 Å². The lowest BCUT2D eigenvalue weighted by molar-refractivity contribution is 0.0980. The van der Waals surface area contributed by atoms with Crippen LogP contribution in [0.2, 0.25) is 0 Å². The van der Waals surface area contributed by atoms with E-state index in [1.165, 1.54) is 35.2 Å². The minimum Gasteiger partial charge on any atom is -0.302 e. The molecule has 2 heterocycles. The van der Waals surface area contributed by atoms with Gasteiger partial charge in [0.25, 0.3) is 15.9 Å². The van der Waals surface area contributed by atoms with E-state index in [1.54, 1.807) is 14.0 Å². The summed E-state index contributed by atoms with van der Waals surface area (Å²) in [6.45, 7) is 1.65. The van der Waals surface area contributed by atoms with Crippen LogP contribution < -0.4 is 9.60 Å². The first-order chi connectivity index (χ1) is 11.3. The molecule has 1 amide bonds. The molecule has 0 aliphatic rings. The quantitative estimate of drug-likeness (QED) is 0.736. The molecule has 0 fully saturated rings. The van der Waals surface area contributed by atoms with Gasteiger partial charge in [-0.05, 0) is 25.1 Å². The van der Waals surface area contributed by atoms with E-state index in [2.05, 4.69) is 9.97 Å². The predicted molar refractivity (Wildman–Crippen MR) is 88.5 cm³/mol. The number of rotatable bonds is 3. The average molecular weight is 364 g/mol. The molecule has 0 radical (unpaired) electrons. The van der Waals surface area contributed by atoms with Gasteiger partial charge in [-0.1, -0.05) is 11.3 Å². The fourth-order valence-corrected chi connectivity index (χ4v) is 4.02. The van der Waals surface area contributed by atoms with Gasteiger partial charge >= 0.3 is 4.87 Å². The molecule has 1 aromatic carbocycles. The van der Waals surface area contributed by atoms with Crippen LogP contribution in [0.5, 0.6) is 0 Å². The number of carbonyl (C=O) groups is 1. The number of thiazole rings is 1. The first-order valence-electron chi connectivity index (χ1n) is 6.73. The fraction of sp³-hybridized carbons (Fsp3) is 0.143. The van der Waals surface area contributed by atoms with Crippen LogP contribution in [0.25, 0.3) is 10.2 Å². The Morgan fingerprint density at radius 1 is 1.25 bits per heavy atom. The highest BCUT2D eigenvalue weighted by Gasteiger charge is 2.20. The molecule has 0 saturated carbocycles. The van der Waals surface area contributed by atoms with Crippen LogP contribution in [0.3, 0.4) is 0 Å². The number of aromatic nitrogens is 3. The Labute approximate surface area is 140 Å². The minimum absolute atomic E-state index is 0.0367. The molecule has 0 bridgehead atoms. The lowest BCUT2D eigenvalue weighted by Gasteiger charge is -2.07. The maximum atomic E-state index is 12.4. The van der Waals surface area contributed by atoms with E-state index < -0.39 is 15.9 Å². The maximum absolute atomic E-state index is 12.4. The van der Waals surface area contributed by atoms with E-state index >= 15 is 0 Å². The molecule has 8 nitrogen and oxygen atoms in total. The van der Waals surface area contributed by atoms with Gasteiger partial charge in [0.2, 0.25) is 0 Å². The molecule has 124 valence electrons. The fourth-order valence-electron chi connectivity index (χ4n) is 2.03. The van der Waals surface area contributed by atoms with Gasteiger partial charge in [0.05, 0.1) is 20.7 Å². The van der Waals surface area contributed by atoms with Crippen LogP contribution in [-0.4, -0.2) is 28.9 Å². The van der Waals surface area contributed by atoms with Crippen LogP contribution in [0.4, 0.5) is 0 Å². The lowest BCUT2D eigenvalue weighted by Crippen LogP contribution is -2.30. The molecule has 10 heteroatoms. The van der Waals surface area contributed by atoms with Gasteiger partial charge < -0.3 is 4.57 Å². The van der Waals surface area contributed by atoms with E-state index in [-0.39, 0.29) is 15.3 Å². The van der Waals surface area contributed by atoms with Crippen molar-refractivity contribution in [2.24, 2.45) is 7.05 Å². The molecule has 0 aliphatic heterocycles. The normalized spacial score (nSPS) is 11.6. The van der Waals surface area contributed by atoms with Crippen molar-refractivity contribution in [3.63, 3.8) is 0 Å². The second-order valence-corrected chi connectivity index (χ2v) is 7.69. The van der Waals surface area contributed by atoms with Crippen molar-refractivity contribution >= 4 is 37.5 Å². The summed E-state index contributed by atoms with van der Waals surface area (Å²) in [5, 5.41) is 0. The molecule has 0 spiro atoms. The molecular weight excluding hydrogens is 352 g/mol. The van der Waals surface area contributed by atoms with Crippen molar-refractivity contribution < 1.29 is 13.2 Å². The summed E-state index contributed by atoms with van der Waals surface area (Å²) in [4.78, 5) is 31.1. The second kappa shape index (κ2) is 5.80. The molecule has 0 unspecified atom stereocenters. The van der Waals surface area contributed by atoms with Crippen molar-refractivity contribution in [1.82, 2.24) is 19.3 Å². The van der Waals surface area contributed by atoms with Crippen molar-refractivity contribution in [3.8, 4) is 0 Å². The lowest BCUT2D eigenvalue weighted by atomic mass is 10.3. The topological polar surface area (TPSA) is 111 Å². The van der Waals surface area contributed by atoms with Crippen molar-refractivity contribution in [2.45, 2.75) is 11.8 Å². The van der Waals surface area contributed by atoms with Crippen molar-refractivity contribution in [1.29, 1.82) is 0 Å². The molecule has 1 N–H and O–H groups in total. The van der Waals surface area contributed by atoms with Gasteiger partial charge in [0, 0.05) is 19.4 Å². The highest BCUT2D eigenvalue weighted by molar-refractivity contribution is 7.90. The highest BCUT2D eigenvalue weighted by Crippen LogP contribution is 2.21. The van der Waals surface area contributed by atoms with Crippen molar-refractivity contribution in [2.75, 3.05) is 0 Å². The van der Waals surface area contributed by atoms with Crippen LogP contribution in [-0.2, 0) is 17.1 Å². The summed E-state index contributed by atoms with van der Waals surface area (Å²) in [6.07, 6.45) is 2.50. The third-order valence-electron chi connectivity index (χ3n) is 3.34. The minimum atomic E-state index is -4.07. The number of carbonyl (C=O) groups excluding carboxylic acids is 1. The Balaban J connectivity index is 1.94. The van der Waals surface area contributed by atoms with Crippen LogP contribution in [0, 0.1) is 6.92 Å². The van der Waals surface area contributed by atoms with Crippen LogP contribution in [0.1, 0.15) is 16.2 Å². The molecule has 3 aromatic rings. The van der Waals surface area contributed by atoms with Crippen LogP contribution >= 0.6 is 11.3 Å². The van der Waals surface area contributed by atoms with E-state index in [1.807, 2.05) is 4.72 Å². The molecular formula is C14H12N4O4S2. The number of aryl methyl sites for hydroxylation is 2. The average Bonchev–Trinajstić information content (AvgIpc) is 2.82. The molecule has 24 heavy (non-hydrogen) atoms. The Bertz CT molecular complexity index is 1100. The summed E-state index contributed by atoms with van der Waals surface area (Å²) in [7, 11) is -2.47. The zero-order valence-corrected chi connectivity index (χ0v) is 14.3. The molecule has 2 aromatic heterocycles. The second-order valence-electron chi connectivity index (χ2n) is 5.01. The first-order valence-corrected chi connectivity index (χ1v) is 9.03. The number of nitrogens with zero attached hydrogens (tertiary/aromatic N) is 3. The van der Waals surface area contributed by atoms with Gasteiger partial charge in [-0.25, -0.2) is 23.1 Å². The third-order valence-corrected chi connectivity index (χ3v) is 5.67. The summed E-state index contributed by atoms with van der Waals surface area (Å²) in [5.41, 5.74) is 0.664. The summed E-state index contributed by atoms with van der Waals surface area (Å²) in [5.74, 6) is -0.352. The molecule has 0 aliphatic carbocycles. The first kappa shape index (κ1) is 16.3. The smallest absolute Gasteiger partial charge is 0.302 e. The van der Waals surface area contributed by atoms with Gasteiger partial charge in [-0.3, -0.25) is 9.59 Å². The van der Waals surface area contributed by atoms with Gasteiger partial charge in [-0.15, -0.1) is 0 Å². The number of benzene rings is 1. The summed E-state index contributed by atoms with van der Waals surface area (Å²) in [6, 6.07) is 4.24. The summed E-state index contributed by atoms with van der Waals surface area (Å²) < 4.78 is 28.7. The van der Waals surface area contributed by atoms with Crippen molar-refractivity contribution in [3.05, 3.63) is 51.6 Å². The number of hydrogen-bond acceptors (Lipinski definition) is 7. The van der Waals surface area contributed by atoms with E-state index in [0.717, 1.165) is 11.3 Å². The zero-order chi connectivity index (χ0) is 17.5. The van der Waals surface area contributed by atoms with Crippen LogP contribution in [0.15, 0.2) is 40.3 Å². The maximum Gasteiger partial charge on any atom is 0.307 e. The molecule has 0 atom stereocenters. The largest absolute Gasteiger partial charge is 0.307 e. The number of sulfonamides is 1.